The molecule has 2 heterocycles. The summed E-state index contributed by atoms with van der Waals surface area (Å²) >= 11 is 0. The van der Waals surface area contributed by atoms with E-state index in [4.69, 9.17) is 4.74 Å². The Balaban J connectivity index is 1.38. The largest absolute Gasteiger partial charge is 0.379 e. The third-order valence-corrected chi connectivity index (χ3v) is 6.67. The van der Waals surface area contributed by atoms with Gasteiger partial charge in [-0.05, 0) is 17.7 Å². The Bertz CT molecular complexity index is 808. The van der Waals surface area contributed by atoms with Crippen LogP contribution in [-0.4, -0.2) is 82.9 Å². The molecule has 29 heavy (non-hydrogen) atoms. The Morgan fingerprint density at radius 1 is 1.10 bits per heavy atom. The van der Waals surface area contributed by atoms with Crippen molar-refractivity contribution in [2.24, 2.45) is 0 Å². The molecule has 2 aliphatic heterocycles. The van der Waals surface area contributed by atoms with Crippen LogP contribution in [0.1, 0.15) is 5.56 Å². The van der Waals surface area contributed by atoms with Gasteiger partial charge in [0.15, 0.2) is 0 Å². The molecule has 0 radical (unpaired) electrons. The van der Waals surface area contributed by atoms with Crippen LogP contribution < -0.4 is 20.9 Å². The van der Waals surface area contributed by atoms with Crippen molar-refractivity contribution in [3.63, 3.8) is 0 Å². The van der Waals surface area contributed by atoms with E-state index in [1.165, 1.54) is 4.31 Å². The van der Waals surface area contributed by atoms with Gasteiger partial charge < -0.3 is 25.6 Å². The number of nitrogens with zero attached hydrogens (tertiary/aromatic N) is 2. The summed E-state index contributed by atoms with van der Waals surface area (Å²) in [5.74, 6) is -0.132. The highest BCUT2D eigenvalue weighted by atomic mass is 32.2. The molecule has 0 saturated carbocycles. The van der Waals surface area contributed by atoms with Crippen LogP contribution in [0.15, 0.2) is 24.3 Å². The third kappa shape index (κ3) is 6.31. The predicted octanol–water partition coefficient (Wildman–Crippen LogP) is -0.916. The highest BCUT2D eigenvalue weighted by Crippen LogP contribution is 2.16. The molecule has 0 spiro atoms. The number of nitrogens with one attached hydrogen (secondary N) is 3. The van der Waals surface area contributed by atoms with Crippen LogP contribution in [0.25, 0.3) is 0 Å². The van der Waals surface area contributed by atoms with Crippen molar-refractivity contribution < 1.29 is 22.7 Å². The first-order valence-corrected chi connectivity index (χ1v) is 11.2. The van der Waals surface area contributed by atoms with Crippen molar-refractivity contribution in [1.82, 2.24) is 20.3 Å². The Morgan fingerprint density at radius 3 is 2.52 bits per heavy atom. The number of morpholine rings is 1. The lowest BCUT2D eigenvalue weighted by Gasteiger charge is -2.28. The number of benzene rings is 1. The van der Waals surface area contributed by atoms with Crippen LogP contribution in [0, 0.1) is 0 Å². The van der Waals surface area contributed by atoms with Crippen LogP contribution in [0.3, 0.4) is 0 Å². The highest BCUT2D eigenvalue weighted by Gasteiger charge is 2.24. The van der Waals surface area contributed by atoms with Gasteiger partial charge in [-0.15, -0.1) is 0 Å². The fourth-order valence-electron chi connectivity index (χ4n) is 3.18. The number of piperazine rings is 1. The fraction of sp³-hybridized carbons (Fsp3) is 0.556. The number of hydrogen-bond donors (Lipinski definition) is 3. The average Bonchev–Trinajstić information content (AvgIpc) is 2.73. The maximum absolute atomic E-state index is 12.2. The van der Waals surface area contributed by atoms with Gasteiger partial charge in [-0.2, -0.15) is 4.31 Å². The molecule has 1 aromatic carbocycles. The van der Waals surface area contributed by atoms with Crippen molar-refractivity contribution in [2.45, 2.75) is 6.54 Å². The maximum Gasteiger partial charge on any atom is 0.315 e. The molecule has 1 aromatic rings. The molecule has 0 aliphatic carbocycles. The van der Waals surface area contributed by atoms with Gasteiger partial charge >= 0.3 is 6.03 Å². The van der Waals surface area contributed by atoms with Gasteiger partial charge in [0.25, 0.3) is 0 Å². The van der Waals surface area contributed by atoms with E-state index >= 15 is 0 Å². The second kappa shape index (κ2) is 9.90. The van der Waals surface area contributed by atoms with E-state index in [0.717, 1.165) is 17.8 Å². The number of urea groups is 1. The van der Waals surface area contributed by atoms with Crippen LogP contribution in [-0.2, 0) is 26.1 Å². The molecule has 11 heteroatoms. The molecular weight excluding hydrogens is 398 g/mol. The predicted molar refractivity (Wildman–Crippen MR) is 108 cm³/mol. The maximum atomic E-state index is 12.2. The Kier molecular flexibility index (Phi) is 7.29. The van der Waals surface area contributed by atoms with E-state index < -0.39 is 16.1 Å². The number of rotatable bonds is 7. The molecule has 0 bridgehead atoms. The van der Waals surface area contributed by atoms with Crippen molar-refractivity contribution >= 4 is 27.6 Å². The first-order valence-electron chi connectivity index (χ1n) is 9.62. The molecule has 3 N–H and O–H groups in total. The number of anilines is 1. The minimum Gasteiger partial charge on any atom is -0.379 e. The van der Waals surface area contributed by atoms with Crippen molar-refractivity contribution in [3.05, 3.63) is 29.8 Å². The van der Waals surface area contributed by atoms with Crippen molar-refractivity contribution in [3.8, 4) is 0 Å². The SMILES string of the molecule is O=C1CN(c2ccc(CNC(=O)NCCS(=O)(=O)N3CCOCC3)cc2)CCN1. The zero-order valence-corrected chi connectivity index (χ0v) is 17.0. The monoisotopic (exact) mass is 425 g/mol. The quantitative estimate of drug-likeness (QED) is 0.520. The van der Waals surface area contributed by atoms with Crippen LogP contribution in [0.5, 0.6) is 0 Å². The molecule has 0 unspecified atom stereocenters. The summed E-state index contributed by atoms with van der Waals surface area (Å²) in [5, 5.41) is 8.08. The zero-order chi connectivity index (χ0) is 20.7. The Labute approximate surface area is 170 Å². The first kappa shape index (κ1) is 21.3. The summed E-state index contributed by atoms with van der Waals surface area (Å²) in [4.78, 5) is 25.4. The van der Waals surface area contributed by atoms with Crippen LogP contribution in [0.2, 0.25) is 0 Å². The summed E-state index contributed by atoms with van der Waals surface area (Å²) in [5.41, 5.74) is 1.87. The molecule has 3 amide bonds. The summed E-state index contributed by atoms with van der Waals surface area (Å²) in [7, 11) is -3.39. The minimum absolute atomic E-state index is 0.00861. The van der Waals surface area contributed by atoms with Crippen molar-refractivity contribution in [1.29, 1.82) is 0 Å². The molecule has 0 aromatic heterocycles. The molecule has 160 valence electrons. The lowest BCUT2D eigenvalue weighted by Crippen LogP contribution is -2.47. The summed E-state index contributed by atoms with van der Waals surface area (Å²) < 4.78 is 30.9. The van der Waals surface area contributed by atoms with E-state index in [9.17, 15) is 18.0 Å². The smallest absolute Gasteiger partial charge is 0.315 e. The van der Waals surface area contributed by atoms with Crippen LogP contribution in [0.4, 0.5) is 10.5 Å². The van der Waals surface area contributed by atoms with E-state index in [1.807, 2.05) is 29.2 Å². The van der Waals surface area contributed by atoms with Crippen LogP contribution >= 0.6 is 0 Å². The van der Waals surface area contributed by atoms with E-state index in [1.54, 1.807) is 0 Å². The molecule has 2 saturated heterocycles. The zero-order valence-electron chi connectivity index (χ0n) is 16.2. The van der Waals surface area contributed by atoms with Gasteiger partial charge in [0.1, 0.15) is 0 Å². The fourth-order valence-corrected chi connectivity index (χ4v) is 4.50. The summed E-state index contributed by atoms with van der Waals surface area (Å²) in [6.45, 7) is 3.60. The molecule has 2 aliphatic rings. The standard InChI is InChI=1S/C18H27N5O5S/c24-17-14-22(7-5-19-17)16-3-1-15(2-4-16)13-21-18(25)20-6-12-29(26,27)23-8-10-28-11-9-23/h1-4H,5-14H2,(H,19,24)(H2,20,21,25). The lowest BCUT2D eigenvalue weighted by molar-refractivity contribution is -0.120. The number of carbonyl (C=O) groups excluding carboxylic acids is 2. The van der Waals surface area contributed by atoms with Gasteiger partial charge in [0.05, 0.1) is 25.5 Å². The molecular formula is C18H27N5O5S. The van der Waals surface area contributed by atoms with Gasteiger partial charge in [0, 0.05) is 45.0 Å². The molecule has 2 fully saturated rings. The molecule has 10 nitrogen and oxygen atoms in total. The normalized spacial score (nSPS) is 18.2. The molecule has 0 atom stereocenters. The number of amides is 3. The van der Waals surface area contributed by atoms with Gasteiger partial charge in [-0.25, -0.2) is 13.2 Å². The Morgan fingerprint density at radius 2 is 1.83 bits per heavy atom. The van der Waals surface area contributed by atoms with E-state index in [0.29, 0.717) is 45.9 Å². The van der Waals surface area contributed by atoms with Gasteiger partial charge in [0.2, 0.25) is 15.9 Å². The number of ether oxygens (including phenoxy) is 1. The summed E-state index contributed by atoms with van der Waals surface area (Å²) in [6.07, 6.45) is 0. The van der Waals surface area contributed by atoms with E-state index in [-0.39, 0.29) is 18.2 Å². The topological polar surface area (TPSA) is 120 Å². The first-order chi connectivity index (χ1) is 13.9. The second-order valence-electron chi connectivity index (χ2n) is 6.87. The van der Waals surface area contributed by atoms with E-state index in [2.05, 4.69) is 16.0 Å². The lowest BCUT2D eigenvalue weighted by atomic mass is 10.2. The third-order valence-electron chi connectivity index (χ3n) is 4.80. The summed E-state index contributed by atoms with van der Waals surface area (Å²) in [6, 6.07) is 7.21. The highest BCUT2D eigenvalue weighted by molar-refractivity contribution is 7.89. The molecule has 3 rings (SSSR count). The Hall–Kier alpha value is -2.37. The van der Waals surface area contributed by atoms with Gasteiger partial charge in [-0.3, -0.25) is 4.79 Å². The number of carbonyl (C=O) groups is 2. The number of sulfonamides is 1. The minimum atomic E-state index is -3.39. The second-order valence-corrected chi connectivity index (χ2v) is 8.96. The van der Waals surface area contributed by atoms with Gasteiger partial charge in [-0.1, -0.05) is 12.1 Å². The number of hydrogen-bond acceptors (Lipinski definition) is 6. The van der Waals surface area contributed by atoms with Crippen molar-refractivity contribution in [2.75, 3.05) is 63.1 Å². The average molecular weight is 426 g/mol.